The summed E-state index contributed by atoms with van der Waals surface area (Å²) in [7, 11) is 1.62. The molecule has 0 aliphatic carbocycles. The predicted molar refractivity (Wildman–Crippen MR) is 103 cm³/mol. The zero-order valence-electron chi connectivity index (χ0n) is 15.0. The van der Waals surface area contributed by atoms with Gasteiger partial charge in [-0.3, -0.25) is 4.79 Å². The van der Waals surface area contributed by atoms with Crippen LogP contribution in [0.3, 0.4) is 0 Å². The van der Waals surface area contributed by atoms with Gasteiger partial charge in [0.25, 0.3) is 5.91 Å². The van der Waals surface area contributed by atoms with Crippen LogP contribution in [0.25, 0.3) is 0 Å². The molecule has 0 saturated heterocycles. The summed E-state index contributed by atoms with van der Waals surface area (Å²) < 4.78 is 11.8. The fourth-order valence-electron chi connectivity index (χ4n) is 2.52. The van der Waals surface area contributed by atoms with Crippen LogP contribution >= 0.6 is 15.9 Å². The number of amides is 1. The maximum absolute atomic E-state index is 12.2. The molecule has 25 heavy (non-hydrogen) atoms. The lowest BCUT2D eigenvalue weighted by molar-refractivity contribution is -0.123. The van der Waals surface area contributed by atoms with Crippen molar-refractivity contribution in [3.63, 3.8) is 0 Å². The van der Waals surface area contributed by atoms with Crippen molar-refractivity contribution < 1.29 is 14.3 Å². The molecule has 0 fully saturated rings. The van der Waals surface area contributed by atoms with Gasteiger partial charge in [-0.1, -0.05) is 38.1 Å². The number of ether oxygens (including phenoxy) is 2. The first-order chi connectivity index (χ1) is 11.9. The van der Waals surface area contributed by atoms with Crippen molar-refractivity contribution in [2.75, 3.05) is 13.7 Å². The SMILES string of the molecule is COc1ccccc1C(C)NC(=O)COc1ccc(C(C)C)cc1Br. The Morgan fingerprint density at radius 2 is 1.84 bits per heavy atom. The van der Waals surface area contributed by atoms with Gasteiger partial charge in [0.1, 0.15) is 11.5 Å². The highest BCUT2D eigenvalue weighted by Crippen LogP contribution is 2.29. The van der Waals surface area contributed by atoms with Gasteiger partial charge in [0.15, 0.2) is 6.61 Å². The lowest BCUT2D eigenvalue weighted by Crippen LogP contribution is -2.31. The highest BCUT2D eigenvalue weighted by molar-refractivity contribution is 9.10. The summed E-state index contributed by atoms with van der Waals surface area (Å²) in [5.41, 5.74) is 2.15. The summed E-state index contributed by atoms with van der Waals surface area (Å²) in [6, 6.07) is 13.4. The summed E-state index contributed by atoms with van der Waals surface area (Å²) in [6.45, 7) is 6.15. The first-order valence-corrected chi connectivity index (χ1v) is 9.06. The minimum absolute atomic E-state index is 0.0425. The van der Waals surface area contributed by atoms with Crippen LogP contribution in [0.2, 0.25) is 0 Å². The summed E-state index contributed by atoms with van der Waals surface area (Å²) in [5.74, 6) is 1.67. The molecule has 1 amide bonds. The van der Waals surface area contributed by atoms with Crippen LogP contribution in [0.4, 0.5) is 0 Å². The Bertz CT molecular complexity index is 731. The van der Waals surface area contributed by atoms with Gasteiger partial charge >= 0.3 is 0 Å². The predicted octanol–water partition coefficient (Wildman–Crippen LogP) is 4.84. The monoisotopic (exact) mass is 405 g/mol. The molecular formula is C20H24BrNO3. The average molecular weight is 406 g/mol. The van der Waals surface area contributed by atoms with Gasteiger partial charge in [-0.05, 0) is 52.5 Å². The summed E-state index contributed by atoms with van der Waals surface area (Å²) in [4.78, 5) is 12.2. The van der Waals surface area contributed by atoms with Crippen LogP contribution in [0.1, 0.15) is 43.9 Å². The molecule has 0 aliphatic heterocycles. The first kappa shape index (κ1) is 19.3. The Balaban J connectivity index is 1.94. The Labute approximate surface area is 157 Å². The Hall–Kier alpha value is -2.01. The molecule has 0 aromatic heterocycles. The normalized spacial score (nSPS) is 11.9. The van der Waals surface area contributed by atoms with Crippen molar-refractivity contribution in [2.45, 2.75) is 32.7 Å². The maximum atomic E-state index is 12.2. The fourth-order valence-corrected chi connectivity index (χ4v) is 3.03. The van der Waals surface area contributed by atoms with Crippen molar-refractivity contribution in [1.29, 1.82) is 0 Å². The van der Waals surface area contributed by atoms with Crippen LogP contribution in [-0.2, 0) is 4.79 Å². The van der Waals surface area contributed by atoms with E-state index < -0.39 is 0 Å². The largest absolute Gasteiger partial charge is 0.496 e. The molecule has 2 rings (SSSR count). The molecule has 0 spiro atoms. The Kier molecular flexibility index (Phi) is 6.88. The van der Waals surface area contributed by atoms with Crippen LogP contribution in [-0.4, -0.2) is 19.6 Å². The van der Waals surface area contributed by atoms with Gasteiger partial charge < -0.3 is 14.8 Å². The van der Waals surface area contributed by atoms with Gasteiger partial charge in [0.2, 0.25) is 0 Å². The first-order valence-electron chi connectivity index (χ1n) is 8.27. The zero-order chi connectivity index (χ0) is 18.4. The van der Waals surface area contributed by atoms with E-state index in [4.69, 9.17) is 9.47 Å². The number of carbonyl (C=O) groups excluding carboxylic acids is 1. The molecular weight excluding hydrogens is 382 g/mol. The molecule has 0 bridgehead atoms. The Morgan fingerprint density at radius 1 is 1.12 bits per heavy atom. The zero-order valence-corrected chi connectivity index (χ0v) is 16.6. The number of carbonyl (C=O) groups is 1. The number of hydrogen-bond acceptors (Lipinski definition) is 3. The van der Waals surface area contributed by atoms with Crippen molar-refractivity contribution in [2.24, 2.45) is 0 Å². The molecule has 1 N–H and O–H groups in total. The lowest BCUT2D eigenvalue weighted by atomic mass is 10.0. The van der Waals surface area contributed by atoms with Gasteiger partial charge in [0.05, 0.1) is 17.6 Å². The molecule has 0 heterocycles. The van der Waals surface area contributed by atoms with E-state index in [2.05, 4.69) is 35.1 Å². The number of methoxy groups -OCH3 is 1. The topological polar surface area (TPSA) is 47.6 Å². The number of benzene rings is 2. The summed E-state index contributed by atoms with van der Waals surface area (Å²) >= 11 is 3.50. The van der Waals surface area contributed by atoms with Gasteiger partial charge in [-0.25, -0.2) is 0 Å². The molecule has 5 heteroatoms. The standard InChI is InChI=1S/C20H24BrNO3/c1-13(2)15-9-10-19(17(21)11-15)25-12-20(23)22-14(3)16-7-5-6-8-18(16)24-4/h5-11,13-14H,12H2,1-4H3,(H,22,23). The van der Waals surface area contributed by atoms with Crippen molar-refractivity contribution in [3.8, 4) is 11.5 Å². The maximum Gasteiger partial charge on any atom is 0.258 e. The van der Waals surface area contributed by atoms with E-state index in [1.165, 1.54) is 5.56 Å². The highest BCUT2D eigenvalue weighted by Gasteiger charge is 2.14. The number of para-hydroxylation sites is 1. The quantitative estimate of drug-likeness (QED) is 0.716. The van der Waals surface area contributed by atoms with E-state index in [1.54, 1.807) is 7.11 Å². The second-order valence-electron chi connectivity index (χ2n) is 6.16. The number of halogens is 1. The third-order valence-corrected chi connectivity index (χ3v) is 4.58. The third-order valence-electron chi connectivity index (χ3n) is 3.96. The van der Waals surface area contributed by atoms with E-state index in [0.29, 0.717) is 11.7 Å². The average Bonchev–Trinajstić information content (AvgIpc) is 2.60. The van der Waals surface area contributed by atoms with Crippen molar-refractivity contribution in [3.05, 3.63) is 58.1 Å². The van der Waals surface area contributed by atoms with E-state index in [0.717, 1.165) is 15.8 Å². The van der Waals surface area contributed by atoms with Crippen molar-refractivity contribution >= 4 is 21.8 Å². The van der Waals surface area contributed by atoms with Crippen LogP contribution in [0, 0.1) is 0 Å². The van der Waals surface area contributed by atoms with E-state index >= 15 is 0 Å². The van der Waals surface area contributed by atoms with Gasteiger partial charge in [-0.2, -0.15) is 0 Å². The van der Waals surface area contributed by atoms with Crippen LogP contribution in [0.5, 0.6) is 11.5 Å². The Morgan fingerprint density at radius 3 is 2.48 bits per heavy atom. The molecule has 134 valence electrons. The van der Waals surface area contributed by atoms with E-state index in [9.17, 15) is 4.79 Å². The van der Waals surface area contributed by atoms with Crippen LogP contribution < -0.4 is 14.8 Å². The minimum atomic E-state index is -0.182. The second-order valence-corrected chi connectivity index (χ2v) is 7.02. The number of nitrogens with one attached hydrogen (secondary N) is 1. The number of hydrogen-bond donors (Lipinski definition) is 1. The summed E-state index contributed by atoms with van der Waals surface area (Å²) in [5, 5.41) is 2.93. The van der Waals surface area contributed by atoms with Crippen LogP contribution in [0.15, 0.2) is 46.9 Å². The lowest BCUT2D eigenvalue weighted by Gasteiger charge is -2.17. The van der Waals surface area contributed by atoms with E-state index in [1.807, 2.05) is 49.4 Å². The highest BCUT2D eigenvalue weighted by atomic mass is 79.9. The van der Waals surface area contributed by atoms with E-state index in [-0.39, 0.29) is 18.6 Å². The van der Waals surface area contributed by atoms with Gasteiger partial charge in [-0.15, -0.1) is 0 Å². The molecule has 2 aromatic carbocycles. The molecule has 1 unspecified atom stereocenters. The third kappa shape index (κ3) is 5.23. The molecule has 2 aromatic rings. The molecule has 0 saturated carbocycles. The molecule has 0 aliphatic rings. The smallest absolute Gasteiger partial charge is 0.258 e. The number of rotatable bonds is 7. The van der Waals surface area contributed by atoms with Gasteiger partial charge in [0, 0.05) is 5.56 Å². The second kappa shape index (κ2) is 8.90. The molecule has 4 nitrogen and oxygen atoms in total. The summed E-state index contributed by atoms with van der Waals surface area (Å²) in [6.07, 6.45) is 0. The molecule has 0 radical (unpaired) electrons. The molecule has 1 atom stereocenters. The fraction of sp³-hybridized carbons (Fsp3) is 0.350. The minimum Gasteiger partial charge on any atom is -0.496 e. The van der Waals surface area contributed by atoms with Crippen molar-refractivity contribution in [1.82, 2.24) is 5.32 Å².